The first-order valence-corrected chi connectivity index (χ1v) is 7.38. The minimum atomic E-state index is -0.487. The van der Waals surface area contributed by atoms with Crippen LogP contribution in [0.2, 0.25) is 0 Å². The zero-order valence-electron chi connectivity index (χ0n) is 12.3. The summed E-state index contributed by atoms with van der Waals surface area (Å²) < 4.78 is 10.9. The molecule has 7 heteroatoms. The van der Waals surface area contributed by atoms with Gasteiger partial charge in [-0.2, -0.15) is 5.26 Å². The number of aromatic nitrogens is 1. The summed E-state index contributed by atoms with van der Waals surface area (Å²) in [5.74, 6) is 0.714. The summed E-state index contributed by atoms with van der Waals surface area (Å²) in [6, 6.07) is 7.35. The lowest BCUT2D eigenvalue weighted by Gasteiger charge is -2.36. The standard InChI is InChI=1S/C15H18N4O3/c16-10-12-2-1-3-14(17-12)19-6-9-22-13(11-19)15(20)18-4-7-21-8-5-18/h1-3,13H,4-9,11H2. The summed E-state index contributed by atoms with van der Waals surface area (Å²) in [6.07, 6.45) is -0.487. The van der Waals surface area contributed by atoms with Gasteiger partial charge in [0.1, 0.15) is 17.6 Å². The molecule has 1 amide bonds. The number of hydrogen-bond acceptors (Lipinski definition) is 6. The fourth-order valence-electron chi connectivity index (χ4n) is 2.66. The van der Waals surface area contributed by atoms with Crippen molar-refractivity contribution in [3.05, 3.63) is 23.9 Å². The number of anilines is 1. The van der Waals surface area contributed by atoms with Crippen LogP contribution in [0.4, 0.5) is 5.82 Å². The first kappa shape index (κ1) is 14.8. The van der Waals surface area contributed by atoms with Gasteiger partial charge in [-0.1, -0.05) is 6.07 Å². The van der Waals surface area contributed by atoms with Crippen molar-refractivity contribution < 1.29 is 14.3 Å². The van der Waals surface area contributed by atoms with Crippen LogP contribution in [-0.4, -0.2) is 67.9 Å². The molecule has 2 fully saturated rings. The van der Waals surface area contributed by atoms with Crippen molar-refractivity contribution in [2.24, 2.45) is 0 Å². The van der Waals surface area contributed by atoms with Crippen LogP contribution in [0.1, 0.15) is 5.69 Å². The number of rotatable bonds is 2. The first-order chi connectivity index (χ1) is 10.8. The first-order valence-electron chi connectivity index (χ1n) is 7.38. The van der Waals surface area contributed by atoms with Gasteiger partial charge in [-0.3, -0.25) is 4.79 Å². The Bertz CT molecular complexity index is 580. The number of nitriles is 1. The maximum absolute atomic E-state index is 12.5. The number of carbonyl (C=O) groups excluding carboxylic acids is 1. The molecule has 1 aromatic heterocycles. The Morgan fingerprint density at radius 2 is 2.09 bits per heavy atom. The Labute approximate surface area is 129 Å². The number of ether oxygens (including phenoxy) is 2. The lowest BCUT2D eigenvalue weighted by Crippen LogP contribution is -2.53. The molecule has 2 aliphatic rings. The molecule has 22 heavy (non-hydrogen) atoms. The minimum absolute atomic E-state index is 0.00411. The molecular formula is C15H18N4O3. The van der Waals surface area contributed by atoms with Crippen LogP contribution < -0.4 is 4.90 Å². The van der Waals surface area contributed by atoms with Crippen LogP contribution in [0.25, 0.3) is 0 Å². The van der Waals surface area contributed by atoms with Gasteiger partial charge >= 0.3 is 0 Å². The molecule has 0 bridgehead atoms. The maximum Gasteiger partial charge on any atom is 0.253 e. The molecule has 116 valence electrons. The van der Waals surface area contributed by atoms with Gasteiger partial charge in [-0.25, -0.2) is 4.98 Å². The second-order valence-electron chi connectivity index (χ2n) is 5.24. The quantitative estimate of drug-likeness (QED) is 0.766. The smallest absolute Gasteiger partial charge is 0.253 e. The molecule has 7 nitrogen and oxygen atoms in total. The van der Waals surface area contributed by atoms with Gasteiger partial charge in [-0.15, -0.1) is 0 Å². The van der Waals surface area contributed by atoms with E-state index in [4.69, 9.17) is 14.7 Å². The van der Waals surface area contributed by atoms with Gasteiger partial charge in [0.25, 0.3) is 5.91 Å². The van der Waals surface area contributed by atoms with Crippen molar-refractivity contribution in [1.29, 1.82) is 5.26 Å². The highest BCUT2D eigenvalue weighted by molar-refractivity contribution is 5.82. The lowest BCUT2D eigenvalue weighted by atomic mass is 10.2. The second-order valence-corrected chi connectivity index (χ2v) is 5.24. The number of amides is 1. The van der Waals surface area contributed by atoms with Gasteiger partial charge in [-0.05, 0) is 12.1 Å². The van der Waals surface area contributed by atoms with Crippen LogP contribution in [0.15, 0.2) is 18.2 Å². The largest absolute Gasteiger partial charge is 0.378 e. The summed E-state index contributed by atoms with van der Waals surface area (Å²) in [7, 11) is 0. The Hall–Kier alpha value is -2.17. The summed E-state index contributed by atoms with van der Waals surface area (Å²) in [5.41, 5.74) is 0.375. The van der Waals surface area contributed by atoms with E-state index in [0.717, 1.165) is 0 Å². The molecule has 0 aromatic carbocycles. The second kappa shape index (κ2) is 6.73. The van der Waals surface area contributed by atoms with Crippen molar-refractivity contribution >= 4 is 11.7 Å². The molecule has 0 radical (unpaired) electrons. The number of pyridine rings is 1. The monoisotopic (exact) mass is 302 g/mol. The van der Waals surface area contributed by atoms with Crippen LogP contribution in [0.5, 0.6) is 0 Å². The van der Waals surface area contributed by atoms with E-state index >= 15 is 0 Å². The molecule has 0 aliphatic carbocycles. The SMILES string of the molecule is N#Cc1cccc(N2CCOC(C(=O)N3CCOCC3)C2)n1. The van der Waals surface area contributed by atoms with Crippen LogP contribution in [0.3, 0.4) is 0 Å². The minimum Gasteiger partial charge on any atom is -0.378 e. The Morgan fingerprint density at radius 3 is 2.86 bits per heavy atom. The molecule has 2 aliphatic heterocycles. The molecule has 0 saturated carbocycles. The third kappa shape index (κ3) is 3.18. The summed E-state index contributed by atoms with van der Waals surface area (Å²) in [4.78, 5) is 20.6. The van der Waals surface area contributed by atoms with Gasteiger partial charge in [0.05, 0.1) is 26.4 Å². The lowest BCUT2D eigenvalue weighted by molar-refractivity contribution is -0.148. The van der Waals surface area contributed by atoms with Crippen molar-refractivity contribution in [1.82, 2.24) is 9.88 Å². The van der Waals surface area contributed by atoms with Crippen LogP contribution in [-0.2, 0) is 14.3 Å². The molecule has 2 saturated heterocycles. The Kier molecular flexibility index (Phi) is 4.51. The topological polar surface area (TPSA) is 78.7 Å². The molecule has 1 atom stereocenters. The highest BCUT2D eigenvalue weighted by Gasteiger charge is 2.31. The summed E-state index contributed by atoms with van der Waals surface area (Å²) in [5, 5.41) is 8.94. The Balaban J connectivity index is 1.68. The van der Waals surface area contributed by atoms with E-state index in [1.54, 1.807) is 17.0 Å². The molecule has 3 heterocycles. The predicted octanol–water partition coefficient (Wildman–Crippen LogP) is 0.0173. The molecule has 0 spiro atoms. The molecule has 1 unspecified atom stereocenters. The van der Waals surface area contributed by atoms with Gasteiger partial charge in [0.15, 0.2) is 6.10 Å². The van der Waals surface area contributed by atoms with Gasteiger partial charge in [0, 0.05) is 19.6 Å². The van der Waals surface area contributed by atoms with E-state index in [2.05, 4.69) is 4.98 Å². The number of carbonyl (C=O) groups is 1. The Morgan fingerprint density at radius 1 is 1.27 bits per heavy atom. The van der Waals surface area contributed by atoms with E-state index in [1.807, 2.05) is 17.0 Å². The average Bonchev–Trinajstić information content (AvgIpc) is 2.62. The van der Waals surface area contributed by atoms with Crippen LogP contribution >= 0.6 is 0 Å². The number of nitrogens with zero attached hydrogens (tertiary/aromatic N) is 4. The fourth-order valence-corrected chi connectivity index (χ4v) is 2.66. The van der Waals surface area contributed by atoms with Crippen LogP contribution in [0, 0.1) is 11.3 Å². The van der Waals surface area contributed by atoms with E-state index in [1.165, 1.54) is 0 Å². The van der Waals surface area contributed by atoms with Crippen molar-refractivity contribution in [2.45, 2.75) is 6.10 Å². The average molecular weight is 302 g/mol. The highest BCUT2D eigenvalue weighted by Crippen LogP contribution is 2.17. The zero-order valence-corrected chi connectivity index (χ0v) is 12.3. The van der Waals surface area contributed by atoms with E-state index in [-0.39, 0.29) is 5.91 Å². The normalized spacial score (nSPS) is 22.2. The summed E-state index contributed by atoms with van der Waals surface area (Å²) >= 11 is 0. The van der Waals surface area contributed by atoms with Crippen molar-refractivity contribution in [3.8, 4) is 6.07 Å². The fraction of sp³-hybridized carbons (Fsp3) is 0.533. The van der Waals surface area contributed by atoms with E-state index < -0.39 is 6.10 Å². The maximum atomic E-state index is 12.5. The van der Waals surface area contributed by atoms with Gasteiger partial charge < -0.3 is 19.3 Å². The van der Waals surface area contributed by atoms with E-state index in [9.17, 15) is 4.79 Å². The third-order valence-corrected chi connectivity index (χ3v) is 3.84. The highest BCUT2D eigenvalue weighted by atomic mass is 16.5. The van der Waals surface area contributed by atoms with Crippen molar-refractivity contribution in [2.75, 3.05) is 50.9 Å². The molecular weight excluding hydrogens is 284 g/mol. The molecule has 1 aromatic rings. The number of morpholine rings is 2. The predicted molar refractivity (Wildman–Crippen MR) is 78.3 cm³/mol. The van der Waals surface area contributed by atoms with E-state index in [0.29, 0.717) is 57.5 Å². The third-order valence-electron chi connectivity index (χ3n) is 3.84. The number of hydrogen-bond donors (Lipinski definition) is 0. The molecule has 0 N–H and O–H groups in total. The van der Waals surface area contributed by atoms with Crippen molar-refractivity contribution in [3.63, 3.8) is 0 Å². The van der Waals surface area contributed by atoms with Gasteiger partial charge in [0.2, 0.25) is 0 Å². The summed E-state index contributed by atoms with van der Waals surface area (Å²) in [6.45, 7) is 3.97. The molecule has 3 rings (SSSR count). The zero-order chi connectivity index (χ0) is 15.4.